The van der Waals surface area contributed by atoms with E-state index in [9.17, 15) is 4.79 Å². The van der Waals surface area contributed by atoms with E-state index in [0.29, 0.717) is 6.61 Å². The van der Waals surface area contributed by atoms with E-state index < -0.39 is 0 Å². The second kappa shape index (κ2) is 7.18. The molecule has 1 spiro atoms. The number of urea groups is 1. The smallest absolute Gasteiger partial charge is 0.317 e. The Bertz CT molecular complexity index is 376. The van der Waals surface area contributed by atoms with Crippen molar-refractivity contribution in [3.8, 4) is 0 Å². The van der Waals surface area contributed by atoms with Crippen molar-refractivity contribution in [2.45, 2.75) is 63.5 Å². The third kappa shape index (κ3) is 3.93. The first-order valence-corrected chi connectivity index (χ1v) is 9.09. The SMILES string of the molecule is CC(CCN1CCCC1)NC(=O)N1CCOC2(CCCC2)C1. The van der Waals surface area contributed by atoms with Crippen molar-refractivity contribution in [1.29, 1.82) is 0 Å². The molecule has 1 unspecified atom stereocenters. The third-order valence-corrected chi connectivity index (χ3v) is 5.50. The van der Waals surface area contributed by atoms with Crippen LogP contribution in [0.1, 0.15) is 51.9 Å². The molecule has 0 aromatic heterocycles. The predicted molar refractivity (Wildman–Crippen MR) is 87.0 cm³/mol. The van der Waals surface area contributed by atoms with Crippen LogP contribution in [-0.4, -0.2) is 66.8 Å². The Kier molecular flexibility index (Phi) is 5.24. The zero-order valence-corrected chi connectivity index (χ0v) is 14.0. The van der Waals surface area contributed by atoms with Gasteiger partial charge in [-0.25, -0.2) is 4.79 Å². The molecule has 3 fully saturated rings. The fraction of sp³-hybridized carbons (Fsp3) is 0.941. The zero-order valence-electron chi connectivity index (χ0n) is 14.0. The third-order valence-electron chi connectivity index (χ3n) is 5.50. The minimum atomic E-state index is -0.0334. The van der Waals surface area contributed by atoms with Crippen LogP contribution in [-0.2, 0) is 4.74 Å². The van der Waals surface area contributed by atoms with Gasteiger partial charge in [0.05, 0.1) is 18.8 Å². The van der Waals surface area contributed by atoms with Crippen molar-refractivity contribution in [2.75, 3.05) is 39.3 Å². The van der Waals surface area contributed by atoms with Crippen LogP contribution in [0.2, 0.25) is 0 Å². The lowest BCUT2D eigenvalue weighted by molar-refractivity contribution is -0.0927. The van der Waals surface area contributed by atoms with Crippen LogP contribution in [0.15, 0.2) is 0 Å². The molecule has 2 saturated heterocycles. The minimum Gasteiger partial charge on any atom is -0.371 e. The van der Waals surface area contributed by atoms with Crippen molar-refractivity contribution in [3.05, 3.63) is 0 Å². The highest BCUT2D eigenvalue weighted by molar-refractivity contribution is 5.74. The zero-order chi connectivity index (χ0) is 15.4. The number of nitrogens with one attached hydrogen (secondary N) is 1. The molecular weight excluding hydrogens is 278 g/mol. The second-order valence-electron chi connectivity index (χ2n) is 7.35. The average molecular weight is 309 g/mol. The lowest BCUT2D eigenvalue weighted by atomic mass is 10.00. The Hall–Kier alpha value is -0.810. The lowest BCUT2D eigenvalue weighted by Gasteiger charge is -2.40. The first-order chi connectivity index (χ1) is 10.7. The number of amides is 2. The highest BCUT2D eigenvalue weighted by Gasteiger charge is 2.40. The number of carbonyl (C=O) groups is 1. The lowest BCUT2D eigenvalue weighted by Crippen LogP contribution is -2.56. The van der Waals surface area contributed by atoms with Gasteiger partial charge < -0.3 is 19.9 Å². The summed E-state index contributed by atoms with van der Waals surface area (Å²) in [5.41, 5.74) is -0.0334. The molecule has 5 heteroatoms. The first kappa shape index (κ1) is 16.1. The predicted octanol–water partition coefficient (Wildman–Crippen LogP) is 2.22. The van der Waals surface area contributed by atoms with Crippen LogP contribution >= 0.6 is 0 Å². The summed E-state index contributed by atoms with van der Waals surface area (Å²) in [5, 5.41) is 3.18. The first-order valence-electron chi connectivity index (χ1n) is 9.09. The van der Waals surface area contributed by atoms with E-state index in [2.05, 4.69) is 17.1 Å². The molecule has 5 nitrogen and oxygen atoms in total. The Morgan fingerprint density at radius 3 is 2.64 bits per heavy atom. The van der Waals surface area contributed by atoms with E-state index in [1.807, 2.05) is 4.90 Å². The molecule has 1 saturated carbocycles. The van der Waals surface area contributed by atoms with Crippen LogP contribution in [0.3, 0.4) is 0 Å². The van der Waals surface area contributed by atoms with Gasteiger partial charge in [-0.05, 0) is 52.1 Å². The number of carbonyl (C=O) groups excluding carboxylic acids is 1. The summed E-state index contributed by atoms with van der Waals surface area (Å²) in [6, 6.07) is 0.346. The van der Waals surface area contributed by atoms with Gasteiger partial charge in [0, 0.05) is 19.1 Å². The van der Waals surface area contributed by atoms with E-state index in [-0.39, 0.29) is 17.7 Å². The highest BCUT2D eigenvalue weighted by atomic mass is 16.5. The van der Waals surface area contributed by atoms with E-state index >= 15 is 0 Å². The highest BCUT2D eigenvalue weighted by Crippen LogP contribution is 2.35. The van der Waals surface area contributed by atoms with Gasteiger partial charge >= 0.3 is 6.03 Å². The topological polar surface area (TPSA) is 44.8 Å². The maximum atomic E-state index is 12.5. The number of likely N-dealkylation sites (tertiary alicyclic amines) is 1. The van der Waals surface area contributed by atoms with Gasteiger partial charge in [0.1, 0.15) is 0 Å². The van der Waals surface area contributed by atoms with Gasteiger partial charge in [0.15, 0.2) is 0 Å². The Morgan fingerprint density at radius 1 is 1.18 bits per heavy atom. The molecule has 3 rings (SSSR count). The number of hydrogen-bond acceptors (Lipinski definition) is 3. The molecule has 1 aliphatic carbocycles. The quantitative estimate of drug-likeness (QED) is 0.866. The molecule has 0 aromatic rings. The van der Waals surface area contributed by atoms with Crippen molar-refractivity contribution in [1.82, 2.24) is 15.1 Å². The average Bonchev–Trinajstić information content (AvgIpc) is 3.17. The molecular formula is C17H31N3O2. The molecule has 22 heavy (non-hydrogen) atoms. The summed E-state index contributed by atoms with van der Waals surface area (Å²) in [4.78, 5) is 17.0. The Labute approximate surface area is 134 Å². The van der Waals surface area contributed by atoms with Gasteiger partial charge in [-0.15, -0.1) is 0 Å². The van der Waals surface area contributed by atoms with Crippen molar-refractivity contribution in [2.24, 2.45) is 0 Å². The van der Waals surface area contributed by atoms with Crippen LogP contribution in [0.4, 0.5) is 4.79 Å². The fourth-order valence-electron chi connectivity index (χ4n) is 4.10. The molecule has 126 valence electrons. The Morgan fingerprint density at radius 2 is 1.91 bits per heavy atom. The maximum absolute atomic E-state index is 12.5. The van der Waals surface area contributed by atoms with Crippen LogP contribution in [0.5, 0.6) is 0 Å². The number of ether oxygens (including phenoxy) is 1. The van der Waals surface area contributed by atoms with Gasteiger partial charge in [0.25, 0.3) is 0 Å². The number of rotatable bonds is 4. The van der Waals surface area contributed by atoms with Crippen LogP contribution < -0.4 is 5.32 Å². The van der Waals surface area contributed by atoms with Crippen LogP contribution in [0.25, 0.3) is 0 Å². The molecule has 2 aliphatic heterocycles. The Balaban J connectivity index is 1.42. The molecule has 2 heterocycles. The molecule has 1 N–H and O–H groups in total. The molecule has 0 bridgehead atoms. The summed E-state index contributed by atoms with van der Waals surface area (Å²) < 4.78 is 6.00. The van der Waals surface area contributed by atoms with Crippen molar-refractivity contribution >= 4 is 6.03 Å². The molecule has 2 amide bonds. The van der Waals surface area contributed by atoms with Gasteiger partial charge in [0.2, 0.25) is 0 Å². The van der Waals surface area contributed by atoms with Gasteiger partial charge in [-0.1, -0.05) is 12.8 Å². The van der Waals surface area contributed by atoms with Crippen LogP contribution in [0, 0.1) is 0 Å². The van der Waals surface area contributed by atoms with E-state index in [1.54, 1.807) is 0 Å². The number of morpholine rings is 1. The number of hydrogen-bond donors (Lipinski definition) is 1. The minimum absolute atomic E-state index is 0.0334. The summed E-state index contributed by atoms with van der Waals surface area (Å²) in [6.07, 6.45) is 8.40. The van der Waals surface area contributed by atoms with Gasteiger partial charge in [-0.3, -0.25) is 0 Å². The van der Waals surface area contributed by atoms with Crippen molar-refractivity contribution in [3.63, 3.8) is 0 Å². The second-order valence-corrected chi connectivity index (χ2v) is 7.35. The largest absolute Gasteiger partial charge is 0.371 e. The van der Waals surface area contributed by atoms with E-state index in [4.69, 9.17) is 4.74 Å². The molecule has 0 radical (unpaired) electrons. The summed E-state index contributed by atoms with van der Waals surface area (Å²) in [7, 11) is 0. The van der Waals surface area contributed by atoms with E-state index in [1.165, 1.54) is 38.8 Å². The number of nitrogens with zero attached hydrogens (tertiary/aromatic N) is 2. The maximum Gasteiger partial charge on any atom is 0.317 e. The summed E-state index contributed by atoms with van der Waals surface area (Å²) >= 11 is 0. The molecule has 1 atom stereocenters. The van der Waals surface area contributed by atoms with Gasteiger partial charge in [-0.2, -0.15) is 0 Å². The summed E-state index contributed by atoms with van der Waals surface area (Å²) in [5.74, 6) is 0. The molecule has 0 aromatic carbocycles. The fourth-order valence-corrected chi connectivity index (χ4v) is 4.10. The van der Waals surface area contributed by atoms with Crippen molar-refractivity contribution < 1.29 is 9.53 Å². The summed E-state index contributed by atoms with van der Waals surface area (Å²) in [6.45, 7) is 7.88. The standard InChI is InChI=1S/C17H31N3O2/c1-15(6-11-19-9-4-5-10-19)18-16(21)20-12-13-22-17(14-20)7-2-3-8-17/h15H,2-14H2,1H3,(H,18,21). The molecule has 3 aliphatic rings. The normalized spacial score (nSPS) is 26.5. The monoisotopic (exact) mass is 309 g/mol. The van der Waals surface area contributed by atoms with E-state index in [0.717, 1.165) is 38.9 Å².